The standard InChI is InChI=1S/C19H21N3O2/c1-3-18-20-19(24-21-18)14-22(13-15-7-5-4-6-8-15)16-9-11-17(23-2)12-10-16/h4-12H,3,13-14H2,1-2H3. The molecule has 5 nitrogen and oxygen atoms in total. The van der Waals surface area contributed by atoms with Crippen LogP contribution in [-0.4, -0.2) is 17.3 Å². The summed E-state index contributed by atoms with van der Waals surface area (Å²) in [6.07, 6.45) is 0.769. The van der Waals surface area contributed by atoms with Crippen molar-refractivity contribution in [1.82, 2.24) is 10.1 Å². The fraction of sp³-hybridized carbons (Fsp3) is 0.263. The van der Waals surface area contributed by atoms with Gasteiger partial charge < -0.3 is 14.2 Å². The Hall–Kier alpha value is -2.82. The lowest BCUT2D eigenvalue weighted by Gasteiger charge is -2.23. The number of nitrogens with zero attached hydrogens (tertiary/aromatic N) is 3. The molecule has 5 heteroatoms. The van der Waals surface area contributed by atoms with E-state index in [-0.39, 0.29) is 0 Å². The van der Waals surface area contributed by atoms with Crippen molar-refractivity contribution in [3.05, 3.63) is 71.9 Å². The third-order valence-electron chi connectivity index (χ3n) is 3.81. The predicted molar refractivity (Wildman–Crippen MR) is 93.0 cm³/mol. The lowest BCUT2D eigenvalue weighted by atomic mass is 10.2. The number of aromatic nitrogens is 2. The van der Waals surface area contributed by atoms with Gasteiger partial charge in [0.1, 0.15) is 5.75 Å². The molecule has 0 aliphatic carbocycles. The lowest BCUT2D eigenvalue weighted by molar-refractivity contribution is 0.371. The first-order valence-electron chi connectivity index (χ1n) is 8.03. The first-order chi connectivity index (χ1) is 11.8. The van der Waals surface area contributed by atoms with Gasteiger partial charge in [0, 0.05) is 18.7 Å². The zero-order valence-corrected chi connectivity index (χ0v) is 14.0. The molecule has 124 valence electrons. The van der Waals surface area contributed by atoms with Gasteiger partial charge in [0.15, 0.2) is 5.82 Å². The van der Waals surface area contributed by atoms with E-state index in [1.54, 1.807) is 7.11 Å². The van der Waals surface area contributed by atoms with Crippen molar-refractivity contribution in [2.24, 2.45) is 0 Å². The van der Waals surface area contributed by atoms with Crippen LogP contribution in [0.2, 0.25) is 0 Å². The summed E-state index contributed by atoms with van der Waals surface area (Å²) in [5.74, 6) is 2.20. The Kier molecular flexibility index (Phi) is 5.11. The first-order valence-corrected chi connectivity index (χ1v) is 8.03. The molecular formula is C19H21N3O2. The molecular weight excluding hydrogens is 302 g/mol. The summed E-state index contributed by atoms with van der Waals surface area (Å²) in [5.41, 5.74) is 2.31. The zero-order chi connectivity index (χ0) is 16.8. The molecule has 0 bridgehead atoms. The monoisotopic (exact) mass is 323 g/mol. The van der Waals surface area contributed by atoms with Crippen LogP contribution in [0.15, 0.2) is 59.1 Å². The summed E-state index contributed by atoms with van der Waals surface area (Å²) in [5, 5.41) is 3.98. The Morgan fingerprint density at radius 2 is 1.75 bits per heavy atom. The molecule has 0 N–H and O–H groups in total. The number of hydrogen-bond acceptors (Lipinski definition) is 5. The van der Waals surface area contributed by atoms with Crippen LogP contribution >= 0.6 is 0 Å². The maximum absolute atomic E-state index is 5.36. The fourth-order valence-corrected chi connectivity index (χ4v) is 2.50. The number of hydrogen-bond donors (Lipinski definition) is 0. The molecule has 0 radical (unpaired) electrons. The van der Waals surface area contributed by atoms with Crippen LogP contribution in [0.25, 0.3) is 0 Å². The van der Waals surface area contributed by atoms with Crippen LogP contribution in [0.5, 0.6) is 5.75 Å². The topological polar surface area (TPSA) is 51.4 Å². The van der Waals surface area contributed by atoms with Gasteiger partial charge in [-0.05, 0) is 29.8 Å². The predicted octanol–water partition coefficient (Wildman–Crippen LogP) is 3.85. The second-order valence-electron chi connectivity index (χ2n) is 5.50. The average molecular weight is 323 g/mol. The number of aryl methyl sites for hydroxylation is 1. The number of ether oxygens (including phenoxy) is 1. The Bertz CT molecular complexity index is 754. The van der Waals surface area contributed by atoms with Crippen molar-refractivity contribution in [3.8, 4) is 5.75 Å². The fourth-order valence-electron chi connectivity index (χ4n) is 2.50. The molecule has 0 fully saturated rings. The van der Waals surface area contributed by atoms with Crippen LogP contribution in [0, 0.1) is 0 Å². The molecule has 0 spiro atoms. The minimum atomic E-state index is 0.564. The number of benzene rings is 2. The second kappa shape index (κ2) is 7.64. The summed E-state index contributed by atoms with van der Waals surface area (Å²) in [6.45, 7) is 3.34. The third kappa shape index (κ3) is 3.93. The Morgan fingerprint density at radius 3 is 2.38 bits per heavy atom. The maximum Gasteiger partial charge on any atom is 0.246 e. The van der Waals surface area contributed by atoms with Gasteiger partial charge in [0.05, 0.1) is 13.7 Å². The molecule has 0 amide bonds. The largest absolute Gasteiger partial charge is 0.497 e. The van der Waals surface area contributed by atoms with Gasteiger partial charge in [0.25, 0.3) is 0 Å². The van der Waals surface area contributed by atoms with Crippen molar-refractivity contribution in [3.63, 3.8) is 0 Å². The average Bonchev–Trinajstić information content (AvgIpc) is 3.10. The molecule has 0 unspecified atom stereocenters. The number of methoxy groups -OCH3 is 1. The molecule has 3 rings (SSSR count). The molecule has 0 saturated carbocycles. The maximum atomic E-state index is 5.36. The second-order valence-corrected chi connectivity index (χ2v) is 5.50. The highest BCUT2D eigenvalue weighted by atomic mass is 16.5. The van der Waals surface area contributed by atoms with E-state index in [2.05, 4.69) is 27.2 Å². The molecule has 0 aliphatic rings. The van der Waals surface area contributed by atoms with Crippen LogP contribution in [0.3, 0.4) is 0 Å². The minimum absolute atomic E-state index is 0.564. The summed E-state index contributed by atoms with van der Waals surface area (Å²) in [4.78, 5) is 6.64. The van der Waals surface area contributed by atoms with Gasteiger partial charge >= 0.3 is 0 Å². The summed E-state index contributed by atoms with van der Waals surface area (Å²) >= 11 is 0. The number of rotatable bonds is 7. The highest BCUT2D eigenvalue weighted by Crippen LogP contribution is 2.23. The quantitative estimate of drug-likeness (QED) is 0.661. The van der Waals surface area contributed by atoms with E-state index in [0.29, 0.717) is 12.4 Å². The van der Waals surface area contributed by atoms with E-state index in [9.17, 15) is 0 Å². The highest BCUT2D eigenvalue weighted by molar-refractivity contribution is 5.49. The van der Waals surface area contributed by atoms with Crippen LogP contribution in [-0.2, 0) is 19.5 Å². The van der Waals surface area contributed by atoms with Crippen molar-refractivity contribution in [1.29, 1.82) is 0 Å². The summed E-state index contributed by atoms with van der Waals surface area (Å²) < 4.78 is 10.6. The summed E-state index contributed by atoms with van der Waals surface area (Å²) in [6, 6.07) is 18.3. The SMILES string of the molecule is CCc1noc(CN(Cc2ccccc2)c2ccc(OC)cc2)n1. The normalized spacial score (nSPS) is 10.6. The van der Waals surface area contributed by atoms with Crippen LogP contribution in [0.1, 0.15) is 24.2 Å². The Balaban J connectivity index is 1.84. The first kappa shape index (κ1) is 16.1. The molecule has 3 aromatic rings. The highest BCUT2D eigenvalue weighted by Gasteiger charge is 2.13. The van der Waals surface area contributed by atoms with E-state index in [4.69, 9.17) is 9.26 Å². The smallest absolute Gasteiger partial charge is 0.246 e. The van der Waals surface area contributed by atoms with E-state index in [1.165, 1.54) is 5.56 Å². The van der Waals surface area contributed by atoms with Gasteiger partial charge in [-0.15, -0.1) is 0 Å². The van der Waals surface area contributed by atoms with Crippen LogP contribution < -0.4 is 9.64 Å². The van der Waals surface area contributed by atoms with E-state index in [1.807, 2.05) is 49.4 Å². The minimum Gasteiger partial charge on any atom is -0.497 e. The van der Waals surface area contributed by atoms with E-state index in [0.717, 1.165) is 30.2 Å². The molecule has 0 saturated heterocycles. The lowest BCUT2D eigenvalue weighted by Crippen LogP contribution is -2.22. The van der Waals surface area contributed by atoms with Gasteiger partial charge in [-0.1, -0.05) is 42.4 Å². The van der Waals surface area contributed by atoms with Crippen molar-refractivity contribution in [2.75, 3.05) is 12.0 Å². The zero-order valence-electron chi connectivity index (χ0n) is 14.0. The van der Waals surface area contributed by atoms with Crippen molar-refractivity contribution >= 4 is 5.69 Å². The van der Waals surface area contributed by atoms with Crippen molar-refractivity contribution in [2.45, 2.75) is 26.4 Å². The molecule has 2 aromatic carbocycles. The summed E-state index contributed by atoms with van der Waals surface area (Å²) in [7, 11) is 1.67. The van der Waals surface area contributed by atoms with Gasteiger partial charge in [0.2, 0.25) is 5.89 Å². The molecule has 0 atom stereocenters. The van der Waals surface area contributed by atoms with E-state index < -0.39 is 0 Å². The molecule has 1 heterocycles. The number of anilines is 1. The van der Waals surface area contributed by atoms with Gasteiger partial charge in [-0.3, -0.25) is 0 Å². The Labute approximate surface area is 141 Å². The van der Waals surface area contributed by atoms with E-state index >= 15 is 0 Å². The van der Waals surface area contributed by atoms with Crippen molar-refractivity contribution < 1.29 is 9.26 Å². The Morgan fingerprint density at radius 1 is 1.00 bits per heavy atom. The molecule has 0 aliphatic heterocycles. The van der Waals surface area contributed by atoms with Crippen LogP contribution in [0.4, 0.5) is 5.69 Å². The van der Waals surface area contributed by atoms with Gasteiger partial charge in [-0.25, -0.2) is 0 Å². The third-order valence-corrected chi connectivity index (χ3v) is 3.81. The van der Waals surface area contributed by atoms with Gasteiger partial charge in [-0.2, -0.15) is 4.98 Å². The molecule has 1 aromatic heterocycles. The molecule has 24 heavy (non-hydrogen) atoms.